The Hall–Kier alpha value is -2.31. The van der Waals surface area contributed by atoms with Gasteiger partial charge in [0, 0.05) is 45.0 Å². The molecular formula is C25H31BrN4O. The molecule has 4 rings (SSSR count). The van der Waals surface area contributed by atoms with Gasteiger partial charge >= 0.3 is 0 Å². The van der Waals surface area contributed by atoms with E-state index in [0.29, 0.717) is 4.47 Å². The molecule has 6 heteroatoms. The van der Waals surface area contributed by atoms with Crippen LogP contribution >= 0.6 is 15.9 Å². The number of benzene rings is 2. The first-order chi connectivity index (χ1) is 15.0. The third-order valence-electron chi connectivity index (χ3n) is 6.06. The van der Waals surface area contributed by atoms with Crippen LogP contribution in [0.5, 0.6) is 0 Å². The smallest absolute Gasteiger partial charge is 0.286 e. The zero-order valence-electron chi connectivity index (χ0n) is 18.6. The number of hydrogen-bond donors (Lipinski definition) is 0. The molecule has 0 N–H and O–H groups in total. The number of halogens is 1. The van der Waals surface area contributed by atoms with Gasteiger partial charge in [-0.3, -0.25) is 14.4 Å². The van der Waals surface area contributed by atoms with Crippen LogP contribution in [-0.4, -0.2) is 40.4 Å². The second-order valence-electron chi connectivity index (χ2n) is 8.39. The predicted octanol–water partition coefficient (Wildman–Crippen LogP) is 4.75. The summed E-state index contributed by atoms with van der Waals surface area (Å²) in [5.74, 6) is 0. The minimum atomic E-state index is 0.0172. The van der Waals surface area contributed by atoms with Crippen molar-refractivity contribution in [2.45, 2.75) is 40.3 Å². The number of anilines is 1. The maximum absolute atomic E-state index is 13.1. The zero-order chi connectivity index (χ0) is 22.0. The Balaban J connectivity index is 1.54. The summed E-state index contributed by atoms with van der Waals surface area (Å²) < 4.78 is 4.65. The second kappa shape index (κ2) is 9.45. The molecule has 0 spiro atoms. The van der Waals surface area contributed by atoms with Gasteiger partial charge < -0.3 is 4.90 Å². The highest BCUT2D eigenvalue weighted by Gasteiger charge is 2.24. The van der Waals surface area contributed by atoms with Crippen LogP contribution in [0, 0.1) is 13.8 Å². The van der Waals surface area contributed by atoms with Gasteiger partial charge in [-0.25, -0.2) is 4.68 Å². The fourth-order valence-electron chi connectivity index (χ4n) is 4.50. The highest BCUT2D eigenvalue weighted by atomic mass is 79.9. The molecule has 0 radical (unpaired) electrons. The van der Waals surface area contributed by atoms with Gasteiger partial charge in [-0.15, -0.1) is 0 Å². The molecule has 5 nitrogen and oxygen atoms in total. The molecule has 1 fully saturated rings. The van der Waals surface area contributed by atoms with Crippen molar-refractivity contribution in [3.05, 3.63) is 80.2 Å². The quantitative estimate of drug-likeness (QED) is 0.508. The van der Waals surface area contributed by atoms with Crippen LogP contribution in [0.4, 0.5) is 5.69 Å². The van der Waals surface area contributed by atoms with E-state index in [0.717, 1.165) is 57.1 Å². The van der Waals surface area contributed by atoms with Crippen molar-refractivity contribution in [2.75, 3.05) is 31.1 Å². The van der Waals surface area contributed by atoms with E-state index in [1.807, 2.05) is 35.0 Å². The molecule has 0 unspecified atom stereocenters. The Morgan fingerprint density at radius 3 is 2.32 bits per heavy atom. The normalized spacial score (nSPS) is 14.9. The van der Waals surface area contributed by atoms with Crippen molar-refractivity contribution in [3.8, 4) is 5.69 Å². The van der Waals surface area contributed by atoms with Crippen LogP contribution in [0.2, 0.25) is 0 Å². The molecule has 0 aliphatic carbocycles. The minimum Gasteiger partial charge on any atom is -0.369 e. The molecule has 1 saturated heterocycles. The van der Waals surface area contributed by atoms with Gasteiger partial charge in [0.1, 0.15) is 4.47 Å². The Morgan fingerprint density at radius 2 is 1.68 bits per heavy atom. The van der Waals surface area contributed by atoms with Crippen LogP contribution in [0.25, 0.3) is 5.69 Å². The van der Waals surface area contributed by atoms with E-state index in [-0.39, 0.29) is 5.56 Å². The molecule has 0 atom stereocenters. The van der Waals surface area contributed by atoms with Gasteiger partial charge in [0.2, 0.25) is 0 Å². The largest absolute Gasteiger partial charge is 0.369 e. The maximum atomic E-state index is 13.1. The summed E-state index contributed by atoms with van der Waals surface area (Å²) in [6.07, 6.45) is 0.973. The van der Waals surface area contributed by atoms with E-state index >= 15 is 0 Å². The molecule has 1 aliphatic rings. The number of hydrogen-bond acceptors (Lipinski definition) is 3. The number of piperazine rings is 1. The number of para-hydroxylation sites is 1. The van der Waals surface area contributed by atoms with Gasteiger partial charge in [-0.05, 0) is 60.0 Å². The van der Waals surface area contributed by atoms with Gasteiger partial charge in [0.05, 0.1) is 11.4 Å². The predicted molar refractivity (Wildman–Crippen MR) is 131 cm³/mol. The lowest BCUT2D eigenvalue weighted by molar-refractivity contribution is 0.240. The number of aromatic nitrogens is 2. The summed E-state index contributed by atoms with van der Waals surface area (Å²) in [4.78, 5) is 18.0. The van der Waals surface area contributed by atoms with E-state index in [9.17, 15) is 4.79 Å². The molecule has 2 aromatic carbocycles. The van der Waals surface area contributed by atoms with E-state index in [1.54, 1.807) is 0 Å². The lowest BCUT2D eigenvalue weighted by Crippen LogP contribution is -2.46. The minimum absolute atomic E-state index is 0.0172. The third-order valence-corrected chi connectivity index (χ3v) is 6.86. The van der Waals surface area contributed by atoms with Crippen molar-refractivity contribution in [2.24, 2.45) is 0 Å². The summed E-state index contributed by atoms with van der Waals surface area (Å²) in [5.41, 5.74) is 5.98. The molecule has 3 aromatic rings. The first kappa shape index (κ1) is 21.9. The van der Waals surface area contributed by atoms with Crippen LogP contribution in [0.15, 0.2) is 57.8 Å². The van der Waals surface area contributed by atoms with Crippen molar-refractivity contribution in [1.82, 2.24) is 14.3 Å². The maximum Gasteiger partial charge on any atom is 0.286 e. The summed E-state index contributed by atoms with van der Waals surface area (Å²) in [5, 5.41) is 0. The second-order valence-corrected chi connectivity index (χ2v) is 9.18. The molecule has 1 aromatic heterocycles. The van der Waals surface area contributed by atoms with Crippen LogP contribution in [0.1, 0.15) is 30.2 Å². The Labute approximate surface area is 193 Å². The van der Waals surface area contributed by atoms with Crippen LogP contribution in [0.3, 0.4) is 0 Å². The molecule has 0 amide bonds. The SMILES string of the molecule is CCCn1c(CN2CCN(c3ccc(C)cc3C)CC2)c(Br)c(=O)n1-c1ccccc1. The Morgan fingerprint density at radius 1 is 0.968 bits per heavy atom. The van der Waals surface area contributed by atoms with Crippen LogP contribution in [-0.2, 0) is 13.1 Å². The van der Waals surface area contributed by atoms with Crippen molar-refractivity contribution >= 4 is 21.6 Å². The topological polar surface area (TPSA) is 33.4 Å². The zero-order valence-corrected chi connectivity index (χ0v) is 20.2. The molecule has 0 bridgehead atoms. The van der Waals surface area contributed by atoms with Gasteiger partial charge in [0.15, 0.2) is 0 Å². The monoisotopic (exact) mass is 482 g/mol. The highest BCUT2D eigenvalue weighted by molar-refractivity contribution is 9.10. The summed E-state index contributed by atoms with van der Waals surface area (Å²) in [6, 6.07) is 16.6. The number of rotatable bonds is 6. The molecule has 31 heavy (non-hydrogen) atoms. The first-order valence-corrected chi connectivity index (χ1v) is 11.9. The van der Waals surface area contributed by atoms with E-state index in [1.165, 1.54) is 16.8 Å². The third kappa shape index (κ3) is 4.51. The van der Waals surface area contributed by atoms with E-state index < -0.39 is 0 Å². The van der Waals surface area contributed by atoms with E-state index in [2.05, 4.69) is 69.4 Å². The molecule has 2 heterocycles. The average molecular weight is 483 g/mol. The van der Waals surface area contributed by atoms with Gasteiger partial charge in [-0.1, -0.05) is 42.8 Å². The highest BCUT2D eigenvalue weighted by Crippen LogP contribution is 2.24. The molecule has 1 aliphatic heterocycles. The fraction of sp³-hybridized carbons (Fsp3) is 0.400. The molecule has 164 valence electrons. The molecule has 0 saturated carbocycles. The fourth-order valence-corrected chi connectivity index (χ4v) is 5.00. The lowest BCUT2D eigenvalue weighted by atomic mass is 10.1. The molecular weight excluding hydrogens is 452 g/mol. The number of aryl methyl sites for hydroxylation is 2. The standard InChI is InChI=1S/C25H31BrN4O/c1-4-12-29-23(24(26)25(31)30(29)21-8-6-5-7-9-21)18-27-13-15-28(16-14-27)22-11-10-19(2)17-20(22)3/h5-11,17H,4,12-16,18H2,1-3H3. The summed E-state index contributed by atoms with van der Waals surface area (Å²) in [6.45, 7) is 12.0. The lowest BCUT2D eigenvalue weighted by Gasteiger charge is -2.37. The van der Waals surface area contributed by atoms with Crippen LogP contribution < -0.4 is 10.5 Å². The van der Waals surface area contributed by atoms with Gasteiger partial charge in [0.25, 0.3) is 5.56 Å². The van der Waals surface area contributed by atoms with Crippen molar-refractivity contribution < 1.29 is 0 Å². The van der Waals surface area contributed by atoms with Crippen molar-refractivity contribution in [3.63, 3.8) is 0 Å². The Kier molecular flexibility index (Phi) is 6.68. The number of nitrogens with zero attached hydrogens (tertiary/aromatic N) is 4. The van der Waals surface area contributed by atoms with E-state index in [4.69, 9.17) is 0 Å². The average Bonchev–Trinajstić information content (AvgIpc) is 3.00. The summed E-state index contributed by atoms with van der Waals surface area (Å²) in [7, 11) is 0. The van der Waals surface area contributed by atoms with Crippen molar-refractivity contribution in [1.29, 1.82) is 0 Å². The summed E-state index contributed by atoms with van der Waals surface area (Å²) >= 11 is 3.62. The van der Waals surface area contributed by atoms with Gasteiger partial charge in [-0.2, -0.15) is 0 Å². The first-order valence-electron chi connectivity index (χ1n) is 11.1. The Bertz CT molecular complexity index is 1090.